The second kappa shape index (κ2) is 6.26. The molecule has 6 heteroatoms. The largest absolute Gasteiger partial charge is 0.321 e. The normalized spacial score (nSPS) is 10.7. The highest BCUT2D eigenvalue weighted by Gasteiger charge is 2.14. The van der Waals surface area contributed by atoms with Crippen molar-refractivity contribution < 1.29 is 4.79 Å². The first-order chi connectivity index (χ1) is 11.1. The predicted octanol–water partition coefficient (Wildman–Crippen LogP) is 2.98. The van der Waals surface area contributed by atoms with Crippen molar-refractivity contribution in [3.05, 3.63) is 70.3 Å². The number of amides is 1. The van der Waals surface area contributed by atoms with Crippen LogP contribution in [0.1, 0.15) is 15.9 Å². The van der Waals surface area contributed by atoms with Gasteiger partial charge < -0.3 is 5.32 Å². The highest BCUT2D eigenvalue weighted by Crippen LogP contribution is 2.24. The number of nitrogens with one attached hydrogen (secondary N) is 1. The molecule has 2 aromatic heterocycles. The van der Waals surface area contributed by atoms with Gasteiger partial charge in [0, 0.05) is 17.3 Å². The number of rotatable bonds is 3. The summed E-state index contributed by atoms with van der Waals surface area (Å²) in [6.45, 7) is 1.92. The summed E-state index contributed by atoms with van der Waals surface area (Å²) in [5.41, 5.74) is 1.84. The van der Waals surface area contributed by atoms with Crippen molar-refractivity contribution >= 4 is 29.0 Å². The topological polar surface area (TPSA) is 63.5 Å². The van der Waals surface area contributed by atoms with E-state index in [0.29, 0.717) is 11.3 Å². The van der Waals surface area contributed by atoms with E-state index in [0.717, 1.165) is 10.5 Å². The number of hydrogen-bond donors (Lipinski definition) is 1. The van der Waals surface area contributed by atoms with Crippen LogP contribution in [-0.2, 0) is 0 Å². The molecule has 0 fully saturated rings. The van der Waals surface area contributed by atoms with Crippen molar-refractivity contribution in [1.29, 1.82) is 0 Å². The lowest BCUT2D eigenvalue weighted by molar-refractivity contribution is 0.102. The average Bonchev–Trinajstić information content (AvgIpc) is 2.55. The van der Waals surface area contributed by atoms with E-state index in [1.807, 2.05) is 31.4 Å². The summed E-state index contributed by atoms with van der Waals surface area (Å²) in [6.07, 6.45) is 4.89. The minimum Gasteiger partial charge on any atom is -0.321 e. The van der Waals surface area contributed by atoms with Gasteiger partial charge in [0.25, 0.3) is 11.5 Å². The van der Waals surface area contributed by atoms with Crippen LogP contribution in [0, 0.1) is 6.92 Å². The van der Waals surface area contributed by atoms with E-state index in [1.165, 1.54) is 22.4 Å². The van der Waals surface area contributed by atoms with Crippen LogP contribution < -0.4 is 10.9 Å². The van der Waals surface area contributed by atoms with Crippen molar-refractivity contribution in [2.75, 3.05) is 11.6 Å². The Morgan fingerprint density at radius 3 is 2.83 bits per heavy atom. The SMILES string of the molecule is CSc1ccccc1NC(=O)c1cnc2cc(C)ccn2c1=O. The molecule has 1 amide bonds. The maximum atomic E-state index is 12.5. The Labute approximate surface area is 137 Å². The number of hydrogen-bond acceptors (Lipinski definition) is 4. The second-order valence-corrected chi connectivity index (χ2v) is 5.91. The molecule has 0 saturated heterocycles. The Kier molecular flexibility index (Phi) is 4.16. The molecule has 116 valence electrons. The summed E-state index contributed by atoms with van der Waals surface area (Å²) in [5.74, 6) is -0.459. The van der Waals surface area contributed by atoms with E-state index in [1.54, 1.807) is 24.4 Å². The highest BCUT2D eigenvalue weighted by atomic mass is 32.2. The lowest BCUT2D eigenvalue weighted by Crippen LogP contribution is -2.26. The lowest BCUT2D eigenvalue weighted by Gasteiger charge is -2.09. The van der Waals surface area contributed by atoms with Crippen LogP contribution in [0.4, 0.5) is 5.69 Å². The number of pyridine rings is 1. The molecule has 2 heterocycles. The Balaban J connectivity index is 2.00. The van der Waals surface area contributed by atoms with Gasteiger partial charge in [-0.25, -0.2) is 4.98 Å². The molecule has 0 aliphatic carbocycles. The minimum absolute atomic E-state index is 0.0160. The van der Waals surface area contributed by atoms with E-state index in [-0.39, 0.29) is 11.1 Å². The molecular weight excluding hydrogens is 310 g/mol. The zero-order valence-corrected chi connectivity index (χ0v) is 13.6. The molecule has 0 unspecified atom stereocenters. The van der Waals surface area contributed by atoms with E-state index < -0.39 is 5.91 Å². The van der Waals surface area contributed by atoms with Crippen LogP contribution >= 0.6 is 11.8 Å². The van der Waals surface area contributed by atoms with Crippen LogP contribution in [0.5, 0.6) is 0 Å². The van der Waals surface area contributed by atoms with Crippen LogP contribution in [0.3, 0.4) is 0 Å². The molecule has 0 spiro atoms. The van der Waals surface area contributed by atoms with E-state index >= 15 is 0 Å². The lowest BCUT2D eigenvalue weighted by atomic mass is 10.2. The Hall–Kier alpha value is -2.60. The molecule has 1 aromatic carbocycles. The van der Waals surface area contributed by atoms with Crippen molar-refractivity contribution in [3.8, 4) is 0 Å². The van der Waals surface area contributed by atoms with Crippen molar-refractivity contribution in [2.24, 2.45) is 0 Å². The highest BCUT2D eigenvalue weighted by molar-refractivity contribution is 7.98. The molecule has 0 aliphatic rings. The summed E-state index contributed by atoms with van der Waals surface area (Å²) in [7, 11) is 0. The second-order valence-electron chi connectivity index (χ2n) is 5.06. The summed E-state index contributed by atoms with van der Waals surface area (Å²) >= 11 is 1.53. The predicted molar refractivity (Wildman–Crippen MR) is 92.4 cm³/mol. The van der Waals surface area contributed by atoms with Gasteiger partial charge in [-0.15, -0.1) is 11.8 Å². The zero-order valence-electron chi connectivity index (χ0n) is 12.7. The number of para-hydroxylation sites is 1. The van der Waals surface area contributed by atoms with E-state index in [4.69, 9.17) is 0 Å². The Morgan fingerprint density at radius 2 is 2.04 bits per heavy atom. The smallest absolute Gasteiger partial charge is 0.270 e. The fraction of sp³-hybridized carbons (Fsp3) is 0.118. The van der Waals surface area contributed by atoms with Gasteiger partial charge in [-0.3, -0.25) is 14.0 Å². The first kappa shape index (κ1) is 15.3. The van der Waals surface area contributed by atoms with E-state index in [2.05, 4.69) is 10.3 Å². The molecule has 0 saturated carbocycles. The van der Waals surface area contributed by atoms with Gasteiger partial charge in [-0.05, 0) is 43.0 Å². The number of fused-ring (bicyclic) bond motifs is 1. The molecule has 5 nitrogen and oxygen atoms in total. The Bertz CT molecular complexity index is 950. The molecule has 3 rings (SSSR count). The maximum absolute atomic E-state index is 12.5. The number of carbonyl (C=O) groups is 1. The van der Waals surface area contributed by atoms with Gasteiger partial charge >= 0.3 is 0 Å². The first-order valence-corrected chi connectivity index (χ1v) is 8.25. The molecule has 0 bridgehead atoms. The molecular formula is C17H15N3O2S. The van der Waals surface area contributed by atoms with Gasteiger partial charge in [0.15, 0.2) is 0 Å². The van der Waals surface area contributed by atoms with Gasteiger partial charge in [0.05, 0.1) is 5.69 Å². The molecule has 3 aromatic rings. The van der Waals surface area contributed by atoms with Crippen molar-refractivity contribution in [3.63, 3.8) is 0 Å². The van der Waals surface area contributed by atoms with Crippen LogP contribution in [0.2, 0.25) is 0 Å². The molecule has 0 atom stereocenters. The fourth-order valence-corrected chi connectivity index (χ4v) is 2.82. The minimum atomic E-state index is -0.459. The third kappa shape index (κ3) is 2.98. The summed E-state index contributed by atoms with van der Waals surface area (Å²) in [4.78, 5) is 30.1. The van der Waals surface area contributed by atoms with Gasteiger partial charge in [0.1, 0.15) is 11.2 Å². The number of nitrogens with zero attached hydrogens (tertiary/aromatic N) is 2. The number of aromatic nitrogens is 2. The van der Waals surface area contributed by atoms with E-state index in [9.17, 15) is 9.59 Å². The number of anilines is 1. The monoisotopic (exact) mass is 325 g/mol. The number of benzene rings is 1. The average molecular weight is 325 g/mol. The molecule has 0 aliphatic heterocycles. The van der Waals surface area contributed by atoms with Crippen LogP contribution in [0.25, 0.3) is 5.65 Å². The third-order valence-electron chi connectivity index (χ3n) is 3.47. The summed E-state index contributed by atoms with van der Waals surface area (Å²) < 4.78 is 1.38. The van der Waals surface area contributed by atoms with Crippen molar-refractivity contribution in [1.82, 2.24) is 9.38 Å². The van der Waals surface area contributed by atoms with Crippen LogP contribution in [0.15, 0.2) is 58.5 Å². The number of thioether (sulfide) groups is 1. The summed E-state index contributed by atoms with van der Waals surface area (Å²) in [6, 6.07) is 11.1. The van der Waals surface area contributed by atoms with Gasteiger partial charge in [-0.1, -0.05) is 12.1 Å². The van der Waals surface area contributed by atoms with Crippen LogP contribution in [-0.4, -0.2) is 21.5 Å². The Morgan fingerprint density at radius 1 is 1.26 bits per heavy atom. The maximum Gasteiger partial charge on any atom is 0.270 e. The standard InChI is InChI=1S/C17H15N3O2S/c1-11-7-8-20-15(9-11)18-10-12(17(20)22)16(21)19-13-5-3-4-6-14(13)23-2/h3-10H,1-2H3,(H,19,21). The molecule has 0 radical (unpaired) electrons. The molecule has 23 heavy (non-hydrogen) atoms. The first-order valence-electron chi connectivity index (χ1n) is 7.02. The summed E-state index contributed by atoms with van der Waals surface area (Å²) in [5, 5.41) is 2.78. The van der Waals surface area contributed by atoms with Gasteiger partial charge in [0.2, 0.25) is 0 Å². The van der Waals surface area contributed by atoms with Crippen molar-refractivity contribution in [2.45, 2.75) is 11.8 Å². The number of carbonyl (C=O) groups excluding carboxylic acids is 1. The quantitative estimate of drug-likeness (QED) is 0.752. The zero-order chi connectivity index (χ0) is 16.4. The molecule has 1 N–H and O–H groups in total. The fourth-order valence-electron chi connectivity index (χ4n) is 2.27. The van der Waals surface area contributed by atoms with Gasteiger partial charge in [-0.2, -0.15) is 0 Å². The third-order valence-corrected chi connectivity index (χ3v) is 4.26. The number of aryl methyl sites for hydroxylation is 1.